The van der Waals surface area contributed by atoms with E-state index in [1.54, 1.807) is 36.4 Å². The van der Waals surface area contributed by atoms with Crippen LogP contribution >= 0.6 is 0 Å². The SMILES string of the molecule is CCOc1ccccc1OCC(=O)N/N=C/c1cccc(OC)c1O. The summed E-state index contributed by atoms with van der Waals surface area (Å²) in [5.74, 6) is 0.887. The molecule has 0 saturated carbocycles. The number of methoxy groups -OCH3 is 1. The van der Waals surface area contributed by atoms with Crippen molar-refractivity contribution in [1.29, 1.82) is 0 Å². The van der Waals surface area contributed by atoms with Crippen molar-refractivity contribution >= 4 is 12.1 Å². The van der Waals surface area contributed by atoms with Crippen LogP contribution in [0.5, 0.6) is 23.0 Å². The maximum absolute atomic E-state index is 11.8. The number of phenols is 1. The molecule has 1 amide bonds. The van der Waals surface area contributed by atoms with Gasteiger partial charge in [0.2, 0.25) is 0 Å². The zero-order valence-electron chi connectivity index (χ0n) is 14.1. The lowest BCUT2D eigenvalue weighted by molar-refractivity contribution is -0.123. The number of benzene rings is 2. The number of rotatable bonds is 8. The quantitative estimate of drug-likeness (QED) is 0.567. The maximum atomic E-state index is 11.8. The van der Waals surface area contributed by atoms with E-state index in [1.807, 2.05) is 13.0 Å². The molecule has 0 unspecified atom stereocenters. The van der Waals surface area contributed by atoms with E-state index in [4.69, 9.17) is 14.2 Å². The average Bonchev–Trinajstić information content (AvgIpc) is 2.62. The number of hydrogen-bond acceptors (Lipinski definition) is 6. The van der Waals surface area contributed by atoms with Crippen LogP contribution in [0.15, 0.2) is 47.6 Å². The summed E-state index contributed by atoms with van der Waals surface area (Å²) in [6.45, 7) is 2.15. The van der Waals surface area contributed by atoms with Gasteiger partial charge in [0.05, 0.1) is 19.9 Å². The van der Waals surface area contributed by atoms with Crippen molar-refractivity contribution < 1.29 is 24.1 Å². The second-order valence-corrected chi connectivity index (χ2v) is 4.86. The minimum absolute atomic E-state index is 0.0510. The van der Waals surface area contributed by atoms with Crippen LogP contribution in [0.25, 0.3) is 0 Å². The largest absolute Gasteiger partial charge is 0.504 e. The average molecular weight is 344 g/mol. The number of aromatic hydroxyl groups is 1. The van der Waals surface area contributed by atoms with Gasteiger partial charge < -0.3 is 19.3 Å². The minimum Gasteiger partial charge on any atom is -0.504 e. The molecule has 0 bridgehead atoms. The first kappa shape index (κ1) is 18.1. The Kier molecular flexibility index (Phi) is 6.65. The van der Waals surface area contributed by atoms with Gasteiger partial charge in [-0.2, -0.15) is 5.10 Å². The highest BCUT2D eigenvalue weighted by Crippen LogP contribution is 2.28. The Labute approximate surface area is 145 Å². The van der Waals surface area contributed by atoms with E-state index < -0.39 is 5.91 Å². The van der Waals surface area contributed by atoms with E-state index in [2.05, 4.69) is 10.5 Å². The van der Waals surface area contributed by atoms with Gasteiger partial charge in [0.25, 0.3) is 5.91 Å². The molecule has 0 heterocycles. The molecular formula is C18H20N2O5. The van der Waals surface area contributed by atoms with Crippen molar-refractivity contribution in [3.63, 3.8) is 0 Å². The van der Waals surface area contributed by atoms with Crippen LogP contribution < -0.4 is 19.6 Å². The van der Waals surface area contributed by atoms with Gasteiger partial charge in [-0.15, -0.1) is 0 Å². The number of para-hydroxylation sites is 3. The lowest BCUT2D eigenvalue weighted by atomic mass is 10.2. The first-order chi connectivity index (χ1) is 12.2. The van der Waals surface area contributed by atoms with Gasteiger partial charge in [-0.05, 0) is 31.2 Å². The van der Waals surface area contributed by atoms with E-state index in [0.717, 1.165) is 0 Å². The van der Waals surface area contributed by atoms with E-state index in [1.165, 1.54) is 13.3 Å². The van der Waals surface area contributed by atoms with Crippen molar-refractivity contribution in [3.05, 3.63) is 48.0 Å². The molecule has 0 aliphatic heterocycles. The molecule has 0 aliphatic rings. The number of nitrogens with zero attached hydrogens (tertiary/aromatic N) is 1. The van der Waals surface area contributed by atoms with Crippen LogP contribution in [0.1, 0.15) is 12.5 Å². The standard InChI is InChI=1S/C18H20N2O5/c1-3-24-14-8-4-5-9-15(14)25-12-17(21)20-19-11-13-7-6-10-16(23-2)18(13)22/h4-11,22H,3,12H2,1-2H3,(H,20,21)/b19-11+. The van der Waals surface area contributed by atoms with E-state index in [-0.39, 0.29) is 12.4 Å². The zero-order chi connectivity index (χ0) is 18.1. The highest BCUT2D eigenvalue weighted by Gasteiger charge is 2.07. The molecule has 2 aromatic rings. The molecule has 7 nitrogen and oxygen atoms in total. The van der Waals surface area contributed by atoms with Crippen LogP contribution in [-0.2, 0) is 4.79 Å². The Morgan fingerprint density at radius 2 is 1.80 bits per heavy atom. The monoisotopic (exact) mass is 344 g/mol. The lowest BCUT2D eigenvalue weighted by Crippen LogP contribution is -2.24. The van der Waals surface area contributed by atoms with Crippen LogP contribution in [0.4, 0.5) is 0 Å². The number of nitrogens with one attached hydrogen (secondary N) is 1. The third kappa shape index (κ3) is 5.13. The van der Waals surface area contributed by atoms with E-state index >= 15 is 0 Å². The topological polar surface area (TPSA) is 89.4 Å². The lowest BCUT2D eigenvalue weighted by Gasteiger charge is -2.10. The number of carbonyl (C=O) groups excluding carboxylic acids is 1. The normalized spacial score (nSPS) is 10.5. The number of ether oxygens (including phenoxy) is 3. The second-order valence-electron chi connectivity index (χ2n) is 4.86. The van der Waals surface area contributed by atoms with Crippen molar-refractivity contribution in [2.24, 2.45) is 5.10 Å². The Hall–Kier alpha value is -3.22. The molecule has 0 atom stereocenters. The zero-order valence-corrected chi connectivity index (χ0v) is 14.1. The van der Waals surface area contributed by atoms with Gasteiger partial charge in [0.1, 0.15) is 0 Å². The summed E-state index contributed by atoms with van der Waals surface area (Å²) >= 11 is 0. The fraction of sp³-hybridized carbons (Fsp3) is 0.222. The maximum Gasteiger partial charge on any atom is 0.277 e. The summed E-state index contributed by atoms with van der Waals surface area (Å²) in [5.41, 5.74) is 2.75. The van der Waals surface area contributed by atoms with Crippen molar-refractivity contribution in [3.8, 4) is 23.0 Å². The first-order valence-corrected chi connectivity index (χ1v) is 7.68. The molecule has 0 fully saturated rings. The number of hydrazone groups is 1. The Balaban J connectivity index is 1.89. The van der Waals surface area contributed by atoms with Crippen LogP contribution in [-0.4, -0.2) is 37.6 Å². The van der Waals surface area contributed by atoms with Gasteiger partial charge in [-0.25, -0.2) is 5.43 Å². The molecule has 7 heteroatoms. The van der Waals surface area contributed by atoms with Crippen LogP contribution in [0.3, 0.4) is 0 Å². The number of carbonyl (C=O) groups is 1. The summed E-state index contributed by atoms with van der Waals surface area (Å²) in [6, 6.07) is 12.1. The van der Waals surface area contributed by atoms with Crippen molar-refractivity contribution in [2.75, 3.05) is 20.3 Å². The highest BCUT2D eigenvalue weighted by atomic mass is 16.5. The molecule has 25 heavy (non-hydrogen) atoms. The van der Waals surface area contributed by atoms with Gasteiger partial charge in [-0.1, -0.05) is 18.2 Å². The molecule has 132 valence electrons. The number of phenolic OH excluding ortho intramolecular Hbond substituents is 1. The molecule has 0 aromatic heterocycles. The van der Waals surface area contributed by atoms with Gasteiger partial charge in [0, 0.05) is 5.56 Å². The van der Waals surface area contributed by atoms with E-state index in [9.17, 15) is 9.90 Å². The third-order valence-corrected chi connectivity index (χ3v) is 3.15. The predicted octanol–water partition coefficient (Wildman–Crippen LogP) is 2.33. The number of amides is 1. The second kappa shape index (κ2) is 9.17. The van der Waals surface area contributed by atoms with Gasteiger partial charge in [0.15, 0.2) is 29.6 Å². The van der Waals surface area contributed by atoms with Gasteiger partial charge >= 0.3 is 0 Å². The van der Waals surface area contributed by atoms with Gasteiger partial charge in [-0.3, -0.25) is 4.79 Å². The van der Waals surface area contributed by atoms with Crippen molar-refractivity contribution in [1.82, 2.24) is 5.43 Å². The summed E-state index contributed by atoms with van der Waals surface area (Å²) in [6.07, 6.45) is 1.32. The molecule has 0 aliphatic carbocycles. The molecule has 2 N–H and O–H groups in total. The summed E-state index contributed by atoms with van der Waals surface area (Å²) < 4.78 is 15.9. The first-order valence-electron chi connectivity index (χ1n) is 7.68. The smallest absolute Gasteiger partial charge is 0.277 e. The summed E-state index contributed by atoms with van der Waals surface area (Å²) in [7, 11) is 1.45. The highest BCUT2D eigenvalue weighted by molar-refractivity contribution is 5.86. The summed E-state index contributed by atoms with van der Waals surface area (Å²) in [4.78, 5) is 11.8. The Morgan fingerprint density at radius 3 is 2.48 bits per heavy atom. The van der Waals surface area contributed by atoms with Crippen molar-refractivity contribution in [2.45, 2.75) is 6.92 Å². The van der Waals surface area contributed by atoms with Crippen LogP contribution in [0, 0.1) is 0 Å². The minimum atomic E-state index is -0.440. The molecular weight excluding hydrogens is 324 g/mol. The number of hydrogen-bond donors (Lipinski definition) is 2. The Bertz CT molecular complexity index is 746. The molecule has 2 aromatic carbocycles. The molecule has 0 spiro atoms. The third-order valence-electron chi connectivity index (χ3n) is 3.15. The fourth-order valence-electron chi connectivity index (χ4n) is 2.00. The van der Waals surface area contributed by atoms with Crippen LogP contribution in [0.2, 0.25) is 0 Å². The summed E-state index contributed by atoms with van der Waals surface area (Å²) in [5, 5.41) is 13.7. The predicted molar refractivity (Wildman–Crippen MR) is 93.5 cm³/mol. The molecule has 2 rings (SSSR count). The fourth-order valence-corrected chi connectivity index (χ4v) is 2.00. The van der Waals surface area contributed by atoms with E-state index in [0.29, 0.717) is 29.4 Å². The molecule has 0 saturated heterocycles. The molecule has 0 radical (unpaired) electrons. The Morgan fingerprint density at radius 1 is 1.12 bits per heavy atom.